The summed E-state index contributed by atoms with van der Waals surface area (Å²) in [7, 11) is -4.07. The average molecular weight is 497 g/mol. The van der Waals surface area contributed by atoms with Crippen molar-refractivity contribution in [2.45, 2.75) is 27.3 Å². The Morgan fingerprint density at radius 2 is 1.60 bits per heavy atom. The molecule has 1 aliphatic rings. The third kappa shape index (κ3) is 4.59. The second kappa shape index (κ2) is 9.07. The molecule has 180 valence electrons. The van der Waals surface area contributed by atoms with Gasteiger partial charge in [-0.25, -0.2) is 21.5 Å². The van der Waals surface area contributed by atoms with Crippen molar-refractivity contribution in [3.63, 3.8) is 0 Å². The van der Waals surface area contributed by atoms with Crippen molar-refractivity contribution < 1.29 is 26.8 Å². The first-order valence-corrected chi connectivity index (χ1v) is 12.1. The summed E-state index contributed by atoms with van der Waals surface area (Å²) in [4.78, 5) is 25.3. The zero-order chi connectivity index (χ0) is 25.5. The smallest absolute Gasteiger partial charge is 0.268 e. The standard InChI is InChI=1S/C26H22F2N2O4S/c1-15-4-7-20(12-16(15)2)24-17(3)26(32)30(35(24,33)34)14-18-5-8-19(9-6-18)25(31)29-23-11-10-21(27)13-22(23)28/h4-13H,14H2,1-3H3,(H,29,31). The molecule has 0 aromatic heterocycles. The molecule has 3 aromatic rings. The van der Waals surface area contributed by atoms with Crippen LogP contribution in [0.1, 0.15) is 39.5 Å². The number of halogens is 2. The molecular weight excluding hydrogens is 474 g/mol. The van der Waals surface area contributed by atoms with Crippen LogP contribution >= 0.6 is 0 Å². The van der Waals surface area contributed by atoms with Gasteiger partial charge in [0.2, 0.25) is 0 Å². The Hall–Kier alpha value is -3.85. The highest BCUT2D eigenvalue weighted by atomic mass is 32.2. The quantitative estimate of drug-likeness (QED) is 0.543. The highest BCUT2D eigenvalue weighted by Crippen LogP contribution is 2.37. The summed E-state index contributed by atoms with van der Waals surface area (Å²) in [5, 5.41) is 2.36. The molecule has 0 radical (unpaired) electrons. The highest BCUT2D eigenvalue weighted by Gasteiger charge is 2.42. The number of carbonyl (C=O) groups excluding carboxylic acids is 2. The van der Waals surface area contributed by atoms with Crippen LogP contribution in [0.5, 0.6) is 0 Å². The molecule has 0 atom stereocenters. The Balaban J connectivity index is 1.53. The maximum Gasteiger partial charge on any atom is 0.268 e. The van der Waals surface area contributed by atoms with Crippen molar-refractivity contribution in [2.24, 2.45) is 0 Å². The minimum Gasteiger partial charge on any atom is -0.319 e. The van der Waals surface area contributed by atoms with E-state index in [4.69, 9.17) is 0 Å². The van der Waals surface area contributed by atoms with E-state index >= 15 is 0 Å². The topological polar surface area (TPSA) is 83.6 Å². The third-order valence-electron chi connectivity index (χ3n) is 5.93. The van der Waals surface area contributed by atoms with E-state index in [1.807, 2.05) is 19.9 Å². The molecule has 1 N–H and O–H groups in total. The summed E-state index contributed by atoms with van der Waals surface area (Å²) in [6.45, 7) is 5.08. The predicted molar refractivity (Wildman–Crippen MR) is 129 cm³/mol. The van der Waals surface area contributed by atoms with Gasteiger partial charge in [0.15, 0.2) is 0 Å². The second-order valence-electron chi connectivity index (χ2n) is 8.35. The van der Waals surface area contributed by atoms with Crippen LogP contribution in [0.4, 0.5) is 14.5 Å². The van der Waals surface area contributed by atoms with Crippen molar-refractivity contribution >= 4 is 32.4 Å². The Bertz CT molecular complexity index is 1500. The first-order valence-electron chi connectivity index (χ1n) is 10.7. The molecule has 0 spiro atoms. The first-order chi connectivity index (χ1) is 16.5. The summed E-state index contributed by atoms with van der Waals surface area (Å²) < 4.78 is 54.2. The number of rotatable bonds is 5. The van der Waals surface area contributed by atoms with Gasteiger partial charge in [0.25, 0.3) is 21.8 Å². The van der Waals surface area contributed by atoms with Gasteiger partial charge in [-0.15, -0.1) is 0 Å². The fourth-order valence-corrected chi connectivity index (χ4v) is 5.61. The lowest BCUT2D eigenvalue weighted by Crippen LogP contribution is -2.30. The molecule has 4 rings (SSSR count). The fourth-order valence-electron chi connectivity index (χ4n) is 3.81. The lowest BCUT2D eigenvalue weighted by Gasteiger charge is -2.17. The number of nitrogens with one attached hydrogen (secondary N) is 1. The van der Waals surface area contributed by atoms with E-state index < -0.39 is 33.5 Å². The summed E-state index contributed by atoms with van der Waals surface area (Å²) in [6.07, 6.45) is 0. The first kappa shape index (κ1) is 24.3. The van der Waals surface area contributed by atoms with Gasteiger partial charge in [-0.3, -0.25) is 9.59 Å². The van der Waals surface area contributed by atoms with Gasteiger partial charge < -0.3 is 5.32 Å². The highest BCUT2D eigenvalue weighted by molar-refractivity contribution is 7.99. The SMILES string of the molecule is CC1=C(c2ccc(C)c(C)c2)S(=O)(=O)N(Cc2ccc(C(=O)Nc3ccc(F)cc3F)cc2)C1=O. The van der Waals surface area contributed by atoms with Gasteiger partial charge in [0.1, 0.15) is 16.5 Å². The molecule has 6 nitrogen and oxygen atoms in total. The average Bonchev–Trinajstić information content (AvgIpc) is 2.97. The maximum atomic E-state index is 13.8. The summed E-state index contributed by atoms with van der Waals surface area (Å²) in [6, 6.07) is 14.0. The van der Waals surface area contributed by atoms with Gasteiger partial charge in [0.05, 0.1) is 12.2 Å². The molecule has 0 bridgehead atoms. The molecule has 35 heavy (non-hydrogen) atoms. The van der Waals surface area contributed by atoms with Crippen LogP contribution in [0.25, 0.3) is 4.91 Å². The minimum absolute atomic E-state index is 0.0112. The molecule has 2 amide bonds. The molecule has 0 fully saturated rings. The van der Waals surface area contributed by atoms with Crippen LogP contribution in [0.2, 0.25) is 0 Å². The van der Waals surface area contributed by atoms with E-state index in [1.165, 1.54) is 31.2 Å². The number of benzene rings is 3. The number of carbonyl (C=O) groups is 2. The van der Waals surface area contributed by atoms with Crippen LogP contribution in [-0.4, -0.2) is 24.5 Å². The number of hydrogen-bond donors (Lipinski definition) is 1. The van der Waals surface area contributed by atoms with E-state index in [0.29, 0.717) is 17.2 Å². The maximum absolute atomic E-state index is 13.8. The number of aryl methyl sites for hydroxylation is 2. The Kier molecular flexibility index (Phi) is 6.29. The second-order valence-corrected chi connectivity index (χ2v) is 10.1. The lowest BCUT2D eigenvalue weighted by atomic mass is 10.0. The number of sulfonamides is 1. The van der Waals surface area contributed by atoms with Crippen LogP contribution < -0.4 is 5.32 Å². The Labute approximate surface area is 201 Å². The monoisotopic (exact) mass is 496 g/mol. The summed E-state index contributed by atoms with van der Waals surface area (Å²) in [5.74, 6) is -2.90. The van der Waals surface area contributed by atoms with Crippen molar-refractivity contribution in [1.29, 1.82) is 0 Å². The zero-order valence-electron chi connectivity index (χ0n) is 19.2. The Morgan fingerprint density at radius 3 is 2.23 bits per heavy atom. The predicted octanol–water partition coefficient (Wildman–Crippen LogP) is 4.94. The molecule has 1 heterocycles. The van der Waals surface area contributed by atoms with Crippen LogP contribution in [0.3, 0.4) is 0 Å². The molecular formula is C26H22F2N2O4S. The van der Waals surface area contributed by atoms with Gasteiger partial charge in [-0.05, 0) is 67.3 Å². The fraction of sp³-hybridized carbons (Fsp3) is 0.154. The summed E-state index contributed by atoms with van der Waals surface area (Å²) in [5.41, 5.74) is 3.02. The van der Waals surface area contributed by atoms with E-state index in [0.717, 1.165) is 27.6 Å². The van der Waals surface area contributed by atoms with Crippen LogP contribution in [-0.2, 0) is 21.4 Å². The van der Waals surface area contributed by atoms with Crippen LogP contribution in [0.15, 0.2) is 66.2 Å². The van der Waals surface area contributed by atoms with Crippen molar-refractivity contribution in [1.82, 2.24) is 4.31 Å². The number of anilines is 1. The van der Waals surface area contributed by atoms with Gasteiger partial charge in [-0.1, -0.05) is 30.3 Å². The van der Waals surface area contributed by atoms with E-state index in [1.54, 1.807) is 12.1 Å². The van der Waals surface area contributed by atoms with E-state index in [2.05, 4.69) is 5.32 Å². The number of amides is 2. The number of nitrogens with zero attached hydrogens (tertiary/aromatic N) is 1. The van der Waals surface area contributed by atoms with Crippen molar-refractivity contribution in [2.75, 3.05) is 5.32 Å². The molecule has 0 aliphatic carbocycles. The molecule has 9 heteroatoms. The van der Waals surface area contributed by atoms with Gasteiger partial charge >= 0.3 is 0 Å². The van der Waals surface area contributed by atoms with Gasteiger partial charge in [-0.2, -0.15) is 0 Å². The molecule has 0 saturated carbocycles. The van der Waals surface area contributed by atoms with E-state index in [-0.39, 0.29) is 28.3 Å². The zero-order valence-corrected chi connectivity index (χ0v) is 20.0. The van der Waals surface area contributed by atoms with Crippen molar-refractivity contribution in [3.8, 4) is 0 Å². The third-order valence-corrected chi connectivity index (χ3v) is 7.86. The molecule has 0 saturated heterocycles. The van der Waals surface area contributed by atoms with Crippen LogP contribution in [0, 0.1) is 25.5 Å². The minimum atomic E-state index is -4.07. The normalized spacial score (nSPS) is 15.0. The van der Waals surface area contributed by atoms with Crippen molar-refractivity contribution in [3.05, 3.63) is 106 Å². The Morgan fingerprint density at radius 1 is 0.914 bits per heavy atom. The lowest BCUT2D eigenvalue weighted by molar-refractivity contribution is -0.122. The largest absolute Gasteiger partial charge is 0.319 e. The molecule has 1 aliphatic heterocycles. The number of hydrogen-bond acceptors (Lipinski definition) is 4. The molecule has 0 unspecified atom stereocenters. The van der Waals surface area contributed by atoms with Gasteiger partial charge in [0, 0.05) is 17.2 Å². The summed E-state index contributed by atoms with van der Waals surface area (Å²) >= 11 is 0. The van der Waals surface area contributed by atoms with E-state index in [9.17, 15) is 26.8 Å². The molecule has 3 aromatic carbocycles.